The van der Waals surface area contributed by atoms with Crippen LogP contribution in [0.25, 0.3) is 0 Å². The predicted octanol–water partition coefficient (Wildman–Crippen LogP) is 3.63. The van der Waals surface area contributed by atoms with E-state index in [-0.39, 0.29) is 12.5 Å². The third-order valence-corrected chi connectivity index (χ3v) is 4.20. The summed E-state index contributed by atoms with van der Waals surface area (Å²) in [6.07, 6.45) is 2.77. The van der Waals surface area contributed by atoms with Gasteiger partial charge in [0.2, 0.25) is 0 Å². The van der Waals surface area contributed by atoms with E-state index in [0.29, 0.717) is 23.0 Å². The zero-order valence-electron chi connectivity index (χ0n) is 11.0. The second kappa shape index (κ2) is 8.56. The highest BCUT2D eigenvalue weighted by atomic mass is 79.9. The van der Waals surface area contributed by atoms with Crippen molar-refractivity contribution in [1.82, 2.24) is 5.32 Å². The number of halogens is 2. The normalized spacial score (nSPS) is 12.2. The average Bonchev–Trinajstić information content (AvgIpc) is 2.39. The molecule has 0 saturated heterocycles. The standard InChI is InChI=1S/C14H19BrClNO2/c1-2-3-10(6-7-18)9-17-14(19)11-4-5-12(15)13(16)8-11/h4-5,8,10,18H,2-3,6-7,9H2,1H3,(H,17,19). The molecule has 1 aromatic rings. The molecule has 0 radical (unpaired) electrons. The molecule has 0 spiro atoms. The van der Waals surface area contributed by atoms with Gasteiger partial charge in [-0.3, -0.25) is 4.79 Å². The molecule has 0 heterocycles. The van der Waals surface area contributed by atoms with E-state index >= 15 is 0 Å². The van der Waals surface area contributed by atoms with Crippen LogP contribution < -0.4 is 5.32 Å². The van der Waals surface area contributed by atoms with E-state index < -0.39 is 0 Å². The maximum Gasteiger partial charge on any atom is 0.251 e. The molecule has 0 aliphatic heterocycles. The summed E-state index contributed by atoms with van der Waals surface area (Å²) in [7, 11) is 0. The fraction of sp³-hybridized carbons (Fsp3) is 0.500. The molecule has 106 valence electrons. The van der Waals surface area contributed by atoms with E-state index in [4.69, 9.17) is 16.7 Å². The summed E-state index contributed by atoms with van der Waals surface area (Å²) in [5.41, 5.74) is 0.549. The van der Waals surface area contributed by atoms with Gasteiger partial charge in [0.15, 0.2) is 0 Å². The summed E-state index contributed by atoms with van der Waals surface area (Å²) >= 11 is 9.25. The van der Waals surface area contributed by atoms with Crippen LogP contribution in [0.2, 0.25) is 5.02 Å². The smallest absolute Gasteiger partial charge is 0.251 e. The van der Waals surface area contributed by atoms with Crippen molar-refractivity contribution in [3.63, 3.8) is 0 Å². The molecule has 0 fully saturated rings. The Morgan fingerprint density at radius 3 is 2.79 bits per heavy atom. The SMILES string of the molecule is CCCC(CCO)CNC(=O)c1ccc(Br)c(Cl)c1. The molecule has 1 rings (SSSR count). The highest BCUT2D eigenvalue weighted by molar-refractivity contribution is 9.10. The van der Waals surface area contributed by atoms with Crippen LogP contribution in [0.5, 0.6) is 0 Å². The Hall–Kier alpha value is -0.580. The van der Waals surface area contributed by atoms with Gasteiger partial charge < -0.3 is 10.4 Å². The molecule has 0 aromatic heterocycles. The second-order valence-electron chi connectivity index (χ2n) is 4.51. The zero-order chi connectivity index (χ0) is 14.3. The molecule has 0 saturated carbocycles. The molecule has 1 atom stereocenters. The number of aliphatic hydroxyl groups is 1. The Labute approximate surface area is 127 Å². The minimum atomic E-state index is -0.131. The van der Waals surface area contributed by atoms with Crippen LogP contribution in [0.3, 0.4) is 0 Å². The lowest BCUT2D eigenvalue weighted by Gasteiger charge is -2.15. The van der Waals surface area contributed by atoms with Crippen LogP contribution in [0.15, 0.2) is 22.7 Å². The number of benzene rings is 1. The van der Waals surface area contributed by atoms with Crippen LogP contribution >= 0.6 is 27.5 Å². The van der Waals surface area contributed by atoms with Gasteiger partial charge in [0.1, 0.15) is 0 Å². The van der Waals surface area contributed by atoms with Crippen LogP contribution in [-0.2, 0) is 0 Å². The molecular weight excluding hydrogens is 330 g/mol. The van der Waals surface area contributed by atoms with Crippen molar-refractivity contribution in [3.05, 3.63) is 33.3 Å². The van der Waals surface area contributed by atoms with E-state index in [1.807, 2.05) is 0 Å². The van der Waals surface area contributed by atoms with Crippen molar-refractivity contribution in [3.8, 4) is 0 Å². The van der Waals surface area contributed by atoms with E-state index in [1.54, 1.807) is 18.2 Å². The van der Waals surface area contributed by atoms with Gasteiger partial charge in [-0.1, -0.05) is 24.9 Å². The third kappa shape index (κ3) is 5.51. The van der Waals surface area contributed by atoms with Gasteiger partial charge in [0, 0.05) is 23.2 Å². The molecule has 2 N–H and O–H groups in total. The van der Waals surface area contributed by atoms with E-state index in [1.165, 1.54) is 0 Å². The Bertz CT molecular complexity index is 420. The van der Waals surface area contributed by atoms with Crippen LogP contribution in [0, 0.1) is 5.92 Å². The van der Waals surface area contributed by atoms with Crippen molar-refractivity contribution in [2.75, 3.05) is 13.2 Å². The van der Waals surface area contributed by atoms with Gasteiger partial charge in [-0.2, -0.15) is 0 Å². The maximum absolute atomic E-state index is 12.0. The van der Waals surface area contributed by atoms with E-state index in [9.17, 15) is 4.79 Å². The summed E-state index contributed by atoms with van der Waals surface area (Å²) in [6, 6.07) is 5.13. The Morgan fingerprint density at radius 1 is 1.47 bits per heavy atom. The molecular formula is C14H19BrClNO2. The van der Waals surface area contributed by atoms with Crippen molar-refractivity contribution in [1.29, 1.82) is 0 Å². The number of nitrogens with one attached hydrogen (secondary N) is 1. The number of carbonyl (C=O) groups is 1. The third-order valence-electron chi connectivity index (χ3n) is 2.97. The molecule has 1 aromatic carbocycles. The molecule has 0 aliphatic rings. The number of amides is 1. The number of rotatable bonds is 7. The monoisotopic (exact) mass is 347 g/mol. The Kier molecular flexibility index (Phi) is 7.42. The lowest BCUT2D eigenvalue weighted by molar-refractivity contribution is 0.0943. The van der Waals surface area contributed by atoms with Crippen molar-refractivity contribution in [2.24, 2.45) is 5.92 Å². The Balaban J connectivity index is 2.56. The highest BCUT2D eigenvalue weighted by Crippen LogP contribution is 2.23. The zero-order valence-corrected chi connectivity index (χ0v) is 13.3. The summed E-state index contributed by atoms with van der Waals surface area (Å²) in [5.74, 6) is 0.193. The van der Waals surface area contributed by atoms with E-state index in [0.717, 1.165) is 23.7 Å². The quantitative estimate of drug-likeness (QED) is 0.790. The second-order valence-corrected chi connectivity index (χ2v) is 5.77. The molecule has 5 heteroatoms. The largest absolute Gasteiger partial charge is 0.396 e. The van der Waals surface area contributed by atoms with Crippen molar-refractivity contribution in [2.45, 2.75) is 26.2 Å². The first kappa shape index (κ1) is 16.5. The van der Waals surface area contributed by atoms with Crippen LogP contribution in [0.4, 0.5) is 0 Å². The Morgan fingerprint density at radius 2 is 2.21 bits per heavy atom. The molecule has 19 heavy (non-hydrogen) atoms. The lowest BCUT2D eigenvalue weighted by Crippen LogP contribution is -2.29. The topological polar surface area (TPSA) is 49.3 Å². The van der Waals surface area contributed by atoms with Crippen LogP contribution in [0.1, 0.15) is 36.5 Å². The first-order valence-corrected chi connectivity index (χ1v) is 7.59. The predicted molar refractivity (Wildman–Crippen MR) is 81.6 cm³/mol. The summed E-state index contributed by atoms with van der Waals surface area (Å²) in [5, 5.41) is 12.4. The number of hydrogen-bond donors (Lipinski definition) is 2. The minimum Gasteiger partial charge on any atom is -0.396 e. The minimum absolute atomic E-state index is 0.131. The summed E-state index contributed by atoms with van der Waals surface area (Å²) in [6.45, 7) is 2.84. The molecule has 3 nitrogen and oxygen atoms in total. The lowest BCUT2D eigenvalue weighted by atomic mass is 10.00. The first-order valence-electron chi connectivity index (χ1n) is 6.42. The fourth-order valence-corrected chi connectivity index (χ4v) is 2.34. The molecule has 1 amide bonds. The highest BCUT2D eigenvalue weighted by Gasteiger charge is 2.11. The van der Waals surface area contributed by atoms with Gasteiger partial charge in [-0.25, -0.2) is 0 Å². The van der Waals surface area contributed by atoms with E-state index in [2.05, 4.69) is 28.2 Å². The van der Waals surface area contributed by atoms with Gasteiger partial charge in [-0.05, 0) is 52.9 Å². The first-order chi connectivity index (χ1) is 9.08. The van der Waals surface area contributed by atoms with Gasteiger partial charge in [-0.15, -0.1) is 0 Å². The average molecular weight is 349 g/mol. The maximum atomic E-state index is 12.0. The fourth-order valence-electron chi connectivity index (χ4n) is 1.92. The number of carbonyl (C=O) groups excluding carboxylic acids is 1. The van der Waals surface area contributed by atoms with Crippen LogP contribution in [-0.4, -0.2) is 24.2 Å². The summed E-state index contributed by atoms with van der Waals surface area (Å²) < 4.78 is 0.773. The number of hydrogen-bond acceptors (Lipinski definition) is 2. The molecule has 1 unspecified atom stereocenters. The van der Waals surface area contributed by atoms with Crippen molar-refractivity contribution >= 4 is 33.4 Å². The number of aliphatic hydroxyl groups excluding tert-OH is 1. The molecule has 0 bridgehead atoms. The van der Waals surface area contributed by atoms with Gasteiger partial charge >= 0.3 is 0 Å². The molecule has 0 aliphatic carbocycles. The van der Waals surface area contributed by atoms with Gasteiger partial charge in [0.05, 0.1) is 5.02 Å². The van der Waals surface area contributed by atoms with Gasteiger partial charge in [0.25, 0.3) is 5.91 Å². The summed E-state index contributed by atoms with van der Waals surface area (Å²) in [4.78, 5) is 12.0. The van der Waals surface area contributed by atoms with Crippen molar-refractivity contribution < 1.29 is 9.90 Å².